The maximum atomic E-state index is 11.5. The Morgan fingerprint density at radius 3 is 1.32 bits per heavy atom. The van der Waals surface area contributed by atoms with Gasteiger partial charge in [0, 0.05) is 0 Å². The van der Waals surface area contributed by atoms with Crippen molar-refractivity contribution < 1.29 is 14.3 Å². The Morgan fingerprint density at radius 2 is 0.964 bits per heavy atom. The number of hydrogen-bond donors (Lipinski definition) is 0. The van der Waals surface area contributed by atoms with Crippen LogP contribution < -0.4 is 4.74 Å². The summed E-state index contributed by atoms with van der Waals surface area (Å²) in [5.74, 6) is 0.602. The fourth-order valence-corrected chi connectivity index (χ4v) is 3.17. The fourth-order valence-electron chi connectivity index (χ4n) is 3.17. The third-order valence-electron chi connectivity index (χ3n) is 4.96. The molecule has 0 atom stereocenters. The summed E-state index contributed by atoms with van der Waals surface area (Å²) in [5.41, 5.74) is 5.80. The molecule has 28 heavy (non-hydrogen) atoms. The summed E-state index contributed by atoms with van der Waals surface area (Å²) in [7, 11) is 3.09. The van der Waals surface area contributed by atoms with Crippen LogP contribution in [0.1, 0.15) is 32.6 Å². The quantitative estimate of drug-likeness (QED) is 0.518. The largest absolute Gasteiger partial charge is 0.497 e. The monoisotopic (exact) mass is 374 g/mol. The molecular weight excluding hydrogens is 348 g/mol. The van der Waals surface area contributed by atoms with E-state index in [0.29, 0.717) is 5.56 Å². The Bertz CT molecular complexity index is 879. The molecule has 0 bridgehead atoms. The molecule has 0 saturated carbocycles. The predicted molar refractivity (Wildman–Crippen MR) is 112 cm³/mol. The SMILES string of the molecule is COC(=O)c1ccc(CCc2ccc(CCc3ccc(OC)cc3)cc2)cc1. The zero-order chi connectivity index (χ0) is 19.8. The van der Waals surface area contributed by atoms with E-state index in [9.17, 15) is 4.79 Å². The van der Waals surface area contributed by atoms with Crippen molar-refractivity contribution in [2.45, 2.75) is 25.7 Å². The molecule has 0 saturated heterocycles. The molecular formula is C25H26O3. The van der Waals surface area contributed by atoms with Gasteiger partial charge in [0.1, 0.15) is 5.75 Å². The Balaban J connectivity index is 1.49. The summed E-state index contributed by atoms with van der Waals surface area (Å²) in [6.45, 7) is 0. The highest BCUT2D eigenvalue weighted by atomic mass is 16.5. The van der Waals surface area contributed by atoms with Gasteiger partial charge in [-0.2, -0.15) is 0 Å². The Kier molecular flexibility index (Phi) is 6.85. The van der Waals surface area contributed by atoms with Crippen molar-refractivity contribution >= 4 is 5.97 Å². The molecule has 0 unspecified atom stereocenters. The Morgan fingerprint density at radius 1 is 0.607 bits per heavy atom. The van der Waals surface area contributed by atoms with Gasteiger partial charge in [0.05, 0.1) is 19.8 Å². The molecule has 3 aromatic rings. The molecule has 0 aliphatic heterocycles. The van der Waals surface area contributed by atoms with Crippen molar-refractivity contribution in [3.05, 3.63) is 101 Å². The van der Waals surface area contributed by atoms with Gasteiger partial charge in [0.15, 0.2) is 0 Å². The summed E-state index contributed by atoms with van der Waals surface area (Å²) in [4.78, 5) is 11.5. The van der Waals surface area contributed by atoms with Crippen LogP contribution >= 0.6 is 0 Å². The number of carbonyl (C=O) groups is 1. The smallest absolute Gasteiger partial charge is 0.337 e. The number of carbonyl (C=O) groups excluding carboxylic acids is 1. The van der Waals surface area contributed by atoms with Crippen LogP contribution in [-0.4, -0.2) is 20.2 Å². The maximum Gasteiger partial charge on any atom is 0.337 e. The van der Waals surface area contributed by atoms with Gasteiger partial charge in [-0.05, 0) is 72.2 Å². The molecule has 3 nitrogen and oxygen atoms in total. The minimum Gasteiger partial charge on any atom is -0.497 e. The molecule has 0 aliphatic carbocycles. The molecule has 0 fully saturated rings. The van der Waals surface area contributed by atoms with E-state index >= 15 is 0 Å². The predicted octanol–water partition coefficient (Wildman–Crippen LogP) is 5.05. The van der Waals surface area contributed by atoms with E-state index in [1.165, 1.54) is 29.4 Å². The fraction of sp³-hybridized carbons (Fsp3) is 0.240. The van der Waals surface area contributed by atoms with Crippen molar-refractivity contribution in [2.24, 2.45) is 0 Å². The molecule has 0 aromatic heterocycles. The van der Waals surface area contributed by atoms with Gasteiger partial charge in [-0.1, -0.05) is 48.5 Å². The van der Waals surface area contributed by atoms with Crippen LogP contribution in [0.3, 0.4) is 0 Å². The van der Waals surface area contributed by atoms with Gasteiger partial charge in [0.25, 0.3) is 0 Å². The third kappa shape index (κ3) is 5.46. The average Bonchev–Trinajstić information content (AvgIpc) is 2.77. The molecule has 3 rings (SSSR count). The molecule has 0 amide bonds. The van der Waals surface area contributed by atoms with Crippen LogP contribution in [0.4, 0.5) is 0 Å². The van der Waals surface area contributed by atoms with Crippen molar-refractivity contribution in [3.8, 4) is 5.75 Å². The first-order valence-corrected chi connectivity index (χ1v) is 9.56. The van der Waals surface area contributed by atoms with Crippen molar-refractivity contribution in [1.82, 2.24) is 0 Å². The average molecular weight is 374 g/mol. The second-order valence-corrected chi connectivity index (χ2v) is 6.85. The molecule has 0 radical (unpaired) electrons. The van der Waals surface area contributed by atoms with E-state index < -0.39 is 0 Å². The minimum absolute atomic E-state index is 0.295. The summed E-state index contributed by atoms with van der Waals surface area (Å²) in [5, 5.41) is 0. The number of esters is 1. The first-order valence-electron chi connectivity index (χ1n) is 9.56. The third-order valence-corrected chi connectivity index (χ3v) is 4.96. The Hall–Kier alpha value is -3.07. The van der Waals surface area contributed by atoms with Crippen LogP contribution in [0.5, 0.6) is 5.75 Å². The normalized spacial score (nSPS) is 10.5. The van der Waals surface area contributed by atoms with E-state index in [1.807, 2.05) is 36.4 Å². The number of benzene rings is 3. The number of ether oxygens (including phenoxy) is 2. The summed E-state index contributed by atoms with van der Waals surface area (Å²) < 4.78 is 9.93. The number of methoxy groups -OCH3 is 2. The first kappa shape index (κ1) is 19.7. The lowest BCUT2D eigenvalue weighted by molar-refractivity contribution is 0.0600. The van der Waals surface area contributed by atoms with Gasteiger partial charge >= 0.3 is 5.97 Å². The molecule has 3 heteroatoms. The zero-order valence-electron chi connectivity index (χ0n) is 16.5. The minimum atomic E-state index is -0.295. The zero-order valence-corrected chi connectivity index (χ0v) is 16.5. The van der Waals surface area contributed by atoms with E-state index in [0.717, 1.165) is 31.4 Å². The van der Waals surface area contributed by atoms with Gasteiger partial charge in [-0.15, -0.1) is 0 Å². The highest BCUT2D eigenvalue weighted by Gasteiger charge is 2.04. The lowest BCUT2D eigenvalue weighted by Crippen LogP contribution is -2.01. The van der Waals surface area contributed by atoms with Crippen LogP contribution in [0, 0.1) is 0 Å². The number of hydrogen-bond acceptors (Lipinski definition) is 3. The van der Waals surface area contributed by atoms with Gasteiger partial charge in [-0.25, -0.2) is 4.79 Å². The molecule has 0 aliphatic rings. The molecule has 144 valence electrons. The van der Waals surface area contributed by atoms with Crippen LogP contribution in [-0.2, 0) is 30.4 Å². The van der Waals surface area contributed by atoms with Crippen LogP contribution in [0.15, 0.2) is 72.8 Å². The topological polar surface area (TPSA) is 35.5 Å². The first-order chi connectivity index (χ1) is 13.7. The van der Waals surface area contributed by atoms with E-state index in [2.05, 4.69) is 36.4 Å². The van der Waals surface area contributed by atoms with Gasteiger partial charge in [-0.3, -0.25) is 0 Å². The summed E-state index contributed by atoms with van der Waals surface area (Å²) in [6.07, 6.45) is 3.99. The molecule has 0 N–H and O–H groups in total. The summed E-state index contributed by atoms with van der Waals surface area (Å²) in [6, 6.07) is 24.8. The van der Waals surface area contributed by atoms with Crippen molar-refractivity contribution in [3.63, 3.8) is 0 Å². The number of aryl methyl sites for hydroxylation is 4. The molecule has 0 heterocycles. The van der Waals surface area contributed by atoms with Crippen LogP contribution in [0.2, 0.25) is 0 Å². The maximum absolute atomic E-state index is 11.5. The Labute approximate surface area is 166 Å². The van der Waals surface area contributed by atoms with Gasteiger partial charge in [0.2, 0.25) is 0 Å². The molecule has 0 spiro atoms. The van der Waals surface area contributed by atoms with Crippen molar-refractivity contribution in [1.29, 1.82) is 0 Å². The molecule has 3 aromatic carbocycles. The highest BCUT2D eigenvalue weighted by Crippen LogP contribution is 2.15. The van der Waals surface area contributed by atoms with Crippen molar-refractivity contribution in [2.75, 3.05) is 14.2 Å². The van der Waals surface area contributed by atoms with Gasteiger partial charge < -0.3 is 9.47 Å². The lowest BCUT2D eigenvalue weighted by atomic mass is 10.00. The van der Waals surface area contributed by atoms with E-state index in [1.54, 1.807) is 7.11 Å². The second kappa shape index (κ2) is 9.75. The summed E-state index contributed by atoms with van der Waals surface area (Å²) >= 11 is 0. The van der Waals surface area contributed by atoms with E-state index in [-0.39, 0.29) is 5.97 Å². The van der Waals surface area contributed by atoms with Crippen LogP contribution in [0.25, 0.3) is 0 Å². The standard InChI is InChI=1S/C25H26O3/c1-27-24-17-13-22(14-18-24)10-8-20-5-3-19(4-6-20)7-9-21-11-15-23(16-12-21)25(26)28-2/h3-6,11-18H,7-10H2,1-2H3. The number of rotatable bonds is 8. The second-order valence-electron chi connectivity index (χ2n) is 6.85. The van der Waals surface area contributed by atoms with E-state index in [4.69, 9.17) is 9.47 Å². The lowest BCUT2D eigenvalue weighted by Gasteiger charge is -2.07. The highest BCUT2D eigenvalue weighted by molar-refractivity contribution is 5.89.